The Kier molecular flexibility index (Phi) is 3.49. The normalized spacial score (nSPS) is 10.5. The van der Waals surface area contributed by atoms with Crippen molar-refractivity contribution in [3.63, 3.8) is 0 Å². The SMILES string of the molecule is O=C(O)c1ccc(-c2nnc(-c3ccc(Br)cn3)o2)cc1. The monoisotopic (exact) mass is 345 g/mol. The summed E-state index contributed by atoms with van der Waals surface area (Å²) in [4.78, 5) is 15.0. The van der Waals surface area contributed by atoms with Crippen molar-refractivity contribution in [1.82, 2.24) is 15.2 Å². The van der Waals surface area contributed by atoms with E-state index < -0.39 is 5.97 Å². The zero-order valence-electron chi connectivity index (χ0n) is 10.5. The molecule has 0 unspecified atom stereocenters. The van der Waals surface area contributed by atoms with Crippen LogP contribution in [-0.2, 0) is 0 Å². The van der Waals surface area contributed by atoms with E-state index in [-0.39, 0.29) is 5.56 Å². The summed E-state index contributed by atoms with van der Waals surface area (Å²) < 4.78 is 6.41. The van der Waals surface area contributed by atoms with Gasteiger partial charge in [0.1, 0.15) is 5.69 Å². The highest BCUT2D eigenvalue weighted by Crippen LogP contribution is 2.23. The van der Waals surface area contributed by atoms with Crippen molar-refractivity contribution in [3.8, 4) is 23.0 Å². The molecule has 1 aromatic carbocycles. The number of hydrogen-bond acceptors (Lipinski definition) is 5. The Labute approximate surface area is 127 Å². The van der Waals surface area contributed by atoms with Gasteiger partial charge in [0.15, 0.2) is 0 Å². The van der Waals surface area contributed by atoms with E-state index >= 15 is 0 Å². The van der Waals surface area contributed by atoms with Gasteiger partial charge in [-0.2, -0.15) is 0 Å². The fourth-order valence-corrected chi connectivity index (χ4v) is 1.94. The number of hydrogen-bond donors (Lipinski definition) is 1. The molecule has 0 fully saturated rings. The van der Waals surface area contributed by atoms with Crippen LogP contribution in [-0.4, -0.2) is 26.3 Å². The van der Waals surface area contributed by atoms with Crippen LogP contribution in [0.1, 0.15) is 10.4 Å². The first-order chi connectivity index (χ1) is 10.1. The van der Waals surface area contributed by atoms with Gasteiger partial charge < -0.3 is 9.52 Å². The number of halogens is 1. The lowest BCUT2D eigenvalue weighted by Crippen LogP contribution is -1.94. The average Bonchev–Trinajstić information content (AvgIpc) is 2.98. The second kappa shape index (κ2) is 5.45. The third kappa shape index (κ3) is 2.82. The maximum Gasteiger partial charge on any atom is 0.335 e. The summed E-state index contributed by atoms with van der Waals surface area (Å²) in [5.41, 5.74) is 1.42. The molecule has 6 nitrogen and oxygen atoms in total. The van der Waals surface area contributed by atoms with Crippen molar-refractivity contribution in [2.24, 2.45) is 0 Å². The molecule has 3 rings (SSSR count). The van der Waals surface area contributed by atoms with Crippen LogP contribution in [0.4, 0.5) is 0 Å². The number of nitrogens with zero attached hydrogens (tertiary/aromatic N) is 3. The Bertz CT molecular complexity index is 782. The smallest absolute Gasteiger partial charge is 0.335 e. The van der Waals surface area contributed by atoms with Gasteiger partial charge in [-0.1, -0.05) is 0 Å². The second-order valence-corrected chi connectivity index (χ2v) is 5.07. The van der Waals surface area contributed by atoms with Gasteiger partial charge in [-0.15, -0.1) is 10.2 Å². The quantitative estimate of drug-likeness (QED) is 0.783. The molecule has 0 aliphatic rings. The number of aromatic carboxylic acids is 1. The summed E-state index contributed by atoms with van der Waals surface area (Å²) in [6.45, 7) is 0. The number of carboxylic acids is 1. The molecular weight excluding hydrogens is 338 g/mol. The van der Waals surface area contributed by atoms with E-state index in [1.807, 2.05) is 6.07 Å². The minimum absolute atomic E-state index is 0.202. The molecule has 0 aliphatic heterocycles. The fraction of sp³-hybridized carbons (Fsp3) is 0. The van der Waals surface area contributed by atoms with Gasteiger partial charge in [-0.05, 0) is 52.3 Å². The highest BCUT2D eigenvalue weighted by molar-refractivity contribution is 9.10. The summed E-state index contributed by atoms with van der Waals surface area (Å²) in [6, 6.07) is 9.80. The first-order valence-electron chi connectivity index (χ1n) is 5.92. The predicted molar refractivity (Wildman–Crippen MR) is 77.6 cm³/mol. The van der Waals surface area contributed by atoms with E-state index in [9.17, 15) is 4.79 Å². The molecule has 0 spiro atoms. The molecule has 1 N–H and O–H groups in total. The first kappa shape index (κ1) is 13.4. The van der Waals surface area contributed by atoms with Crippen molar-refractivity contribution in [2.75, 3.05) is 0 Å². The Morgan fingerprint density at radius 1 is 1.05 bits per heavy atom. The van der Waals surface area contributed by atoms with Crippen LogP contribution in [0.25, 0.3) is 23.0 Å². The van der Waals surface area contributed by atoms with Crippen LogP contribution in [0.15, 0.2) is 51.5 Å². The molecule has 2 aromatic heterocycles. The number of carbonyl (C=O) groups is 1. The van der Waals surface area contributed by atoms with Crippen LogP contribution in [0.5, 0.6) is 0 Å². The summed E-state index contributed by atoms with van der Waals surface area (Å²) in [5, 5.41) is 16.7. The molecule has 7 heteroatoms. The minimum Gasteiger partial charge on any atom is -0.478 e. The molecule has 21 heavy (non-hydrogen) atoms. The van der Waals surface area contributed by atoms with Crippen molar-refractivity contribution >= 4 is 21.9 Å². The first-order valence-corrected chi connectivity index (χ1v) is 6.72. The molecule has 2 heterocycles. The molecule has 0 saturated carbocycles. The molecule has 0 saturated heterocycles. The summed E-state index contributed by atoms with van der Waals surface area (Å²) in [5.74, 6) is -0.363. The minimum atomic E-state index is -0.980. The Morgan fingerprint density at radius 2 is 1.76 bits per heavy atom. The predicted octanol–water partition coefficient (Wildman–Crippen LogP) is 3.26. The molecule has 0 bridgehead atoms. The van der Waals surface area contributed by atoms with E-state index in [1.165, 1.54) is 12.1 Å². The Morgan fingerprint density at radius 3 is 2.38 bits per heavy atom. The average molecular weight is 346 g/mol. The van der Waals surface area contributed by atoms with Gasteiger partial charge in [0, 0.05) is 16.2 Å². The van der Waals surface area contributed by atoms with Crippen LogP contribution >= 0.6 is 15.9 Å². The molecule has 0 atom stereocenters. The second-order valence-electron chi connectivity index (χ2n) is 4.16. The third-order valence-corrected chi connectivity index (χ3v) is 3.22. The van der Waals surface area contributed by atoms with E-state index in [0.717, 1.165) is 4.47 Å². The lowest BCUT2D eigenvalue weighted by Gasteiger charge is -1.96. The standard InChI is InChI=1S/C14H8BrN3O3/c15-10-5-6-11(16-7-10)13-18-17-12(21-13)8-1-3-9(4-2-8)14(19)20/h1-7H,(H,19,20). The van der Waals surface area contributed by atoms with Crippen molar-refractivity contribution < 1.29 is 14.3 Å². The lowest BCUT2D eigenvalue weighted by molar-refractivity contribution is 0.0697. The maximum atomic E-state index is 10.8. The molecular formula is C14H8BrN3O3. The van der Waals surface area contributed by atoms with Gasteiger partial charge >= 0.3 is 5.97 Å². The van der Waals surface area contributed by atoms with Crippen molar-refractivity contribution in [2.45, 2.75) is 0 Å². The third-order valence-electron chi connectivity index (χ3n) is 2.75. The molecule has 0 amide bonds. The highest BCUT2D eigenvalue weighted by Gasteiger charge is 2.12. The van der Waals surface area contributed by atoms with Crippen LogP contribution in [0.3, 0.4) is 0 Å². The van der Waals surface area contributed by atoms with E-state index in [2.05, 4.69) is 31.1 Å². The highest BCUT2D eigenvalue weighted by atomic mass is 79.9. The number of benzene rings is 1. The van der Waals surface area contributed by atoms with Crippen molar-refractivity contribution in [3.05, 3.63) is 52.6 Å². The fourth-order valence-electron chi connectivity index (χ4n) is 1.70. The molecule has 3 aromatic rings. The van der Waals surface area contributed by atoms with Gasteiger partial charge in [0.25, 0.3) is 5.89 Å². The van der Waals surface area contributed by atoms with E-state index in [0.29, 0.717) is 23.0 Å². The zero-order chi connectivity index (χ0) is 14.8. The number of pyridine rings is 1. The lowest BCUT2D eigenvalue weighted by atomic mass is 10.1. The Hall–Kier alpha value is -2.54. The van der Waals surface area contributed by atoms with Crippen molar-refractivity contribution in [1.29, 1.82) is 0 Å². The maximum absolute atomic E-state index is 10.8. The summed E-state index contributed by atoms with van der Waals surface area (Å²) >= 11 is 3.30. The summed E-state index contributed by atoms with van der Waals surface area (Å²) in [6.07, 6.45) is 1.64. The Balaban J connectivity index is 1.90. The van der Waals surface area contributed by atoms with Gasteiger partial charge in [0.2, 0.25) is 5.89 Å². The zero-order valence-corrected chi connectivity index (χ0v) is 12.1. The van der Waals surface area contributed by atoms with Gasteiger partial charge in [-0.3, -0.25) is 0 Å². The topological polar surface area (TPSA) is 89.1 Å². The van der Waals surface area contributed by atoms with E-state index in [1.54, 1.807) is 24.4 Å². The van der Waals surface area contributed by atoms with Crippen LogP contribution in [0, 0.1) is 0 Å². The molecule has 0 radical (unpaired) electrons. The number of rotatable bonds is 3. The molecule has 0 aliphatic carbocycles. The number of carboxylic acid groups (broad SMARTS) is 1. The van der Waals surface area contributed by atoms with E-state index in [4.69, 9.17) is 9.52 Å². The van der Waals surface area contributed by atoms with Gasteiger partial charge in [-0.25, -0.2) is 9.78 Å². The van der Waals surface area contributed by atoms with Crippen LogP contribution in [0.2, 0.25) is 0 Å². The number of aromatic nitrogens is 3. The largest absolute Gasteiger partial charge is 0.478 e. The van der Waals surface area contributed by atoms with Crippen LogP contribution < -0.4 is 0 Å². The molecule has 104 valence electrons. The van der Waals surface area contributed by atoms with Gasteiger partial charge in [0.05, 0.1) is 5.56 Å². The summed E-state index contributed by atoms with van der Waals surface area (Å²) in [7, 11) is 0.